The summed E-state index contributed by atoms with van der Waals surface area (Å²) in [5.41, 5.74) is 4.66. The number of aromatic nitrogens is 4. The molecule has 17 heavy (non-hydrogen) atoms. The highest BCUT2D eigenvalue weighted by atomic mass is 15.3. The Kier molecular flexibility index (Phi) is 3.31. The summed E-state index contributed by atoms with van der Waals surface area (Å²) in [6, 6.07) is 4.29. The van der Waals surface area contributed by atoms with Crippen LogP contribution in [0.3, 0.4) is 0 Å². The van der Waals surface area contributed by atoms with Crippen LogP contribution >= 0.6 is 0 Å². The molecule has 0 amide bonds. The lowest BCUT2D eigenvalue weighted by atomic mass is 10.3. The van der Waals surface area contributed by atoms with Crippen LogP contribution in [0.1, 0.15) is 36.6 Å². The molecule has 2 aromatic heterocycles. The van der Waals surface area contributed by atoms with Crippen LogP contribution < -0.4 is 0 Å². The van der Waals surface area contributed by atoms with Gasteiger partial charge in [-0.2, -0.15) is 10.2 Å². The molecule has 0 unspecified atom stereocenters. The minimum absolute atomic E-state index is 0.806. The van der Waals surface area contributed by atoms with E-state index in [1.54, 1.807) is 0 Å². The molecule has 2 heterocycles. The van der Waals surface area contributed by atoms with Crippen molar-refractivity contribution in [1.82, 2.24) is 19.6 Å². The van der Waals surface area contributed by atoms with Gasteiger partial charge in [0.25, 0.3) is 0 Å². The molecule has 0 aliphatic heterocycles. The van der Waals surface area contributed by atoms with Crippen molar-refractivity contribution in [3.8, 4) is 0 Å². The normalized spacial score (nSPS) is 11.1. The molecule has 0 bridgehead atoms. The maximum Gasteiger partial charge on any atom is 0.0831 e. The zero-order chi connectivity index (χ0) is 12.4. The van der Waals surface area contributed by atoms with E-state index in [0.717, 1.165) is 30.9 Å². The Hall–Kier alpha value is -1.58. The van der Waals surface area contributed by atoms with Crippen LogP contribution in [0.2, 0.25) is 0 Å². The number of hydrogen-bond donors (Lipinski definition) is 0. The van der Waals surface area contributed by atoms with Gasteiger partial charge in [0.1, 0.15) is 0 Å². The quantitative estimate of drug-likeness (QED) is 0.811. The van der Waals surface area contributed by atoms with Crippen LogP contribution in [0.5, 0.6) is 0 Å². The van der Waals surface area contributed by atoms with Gasteiger partial charge in [0.15, 0.2) is 0 Å². The van der Waals surface area contributed by atoms with Crippen molar-refractivity contribution in [2.45, 2.75) is 47.2 Å². The Morgan fingerprint density at radius 1 is 1.06 bits per heavy atom. The summed E-state index contributed by atoms with van der Waals surface area (Å²) in [6.45, 7) is 10.1. The van der Waals surface area contributed by atoms with E-state index in [9.17, 15) is 0 Å². The minimum Gasteiger partial charge on any atom is -0.268 e. The van der Waals surface area contributed by atoms with Crippen molar-refractivity contribution in [3.63, 3.8) is 0 Å². The highest BCUT2D eigenvalue weighted by molar-refractivity contribution is 5.13. The molecule has 0 aromatic carbocycles. The molecule has 0 saturated heterocycles. The SMILES string of the molecule is CCc1cc(Cn2nc(C)cc2C)n(CC)n1. The summed E-state index contributed by atoms with van der Waals surface area (Å²) in [4.78, 5) is 0. The molecule has 0 radical (unpaired) electrons. The van der Waals surface area contributed by atoms with Gasteiger partial charge in [0.05, 0.1) is 23.6 Å². The second-order valence-corrected chi connectivity index (χ2v) is 4.38. The lowest BCUT2D eigenvalue weighted by Crippen LogP contribution is -2.10. The van der Waals surface area contributed by atoms with Crippen molar-refractivity contribution in [3.05, 3.63) is 34.9 Å². The van der Waals surface area contributed by atoms with E-state index in [-0.39, 0.29) is 0 Å². The van der Waals surface area contributed by atoms with Gasteiger partial charge >= 0.3 is 0 Å². The molecule has 0 aliphatic carbocycles. The Bertz CT molecular complexity index is 507. The third-order valence-corrected chi connectivity index (χ3v) is 2.99. The van der Waals surface area contributed by atoms with Crippen molar-refractivity contribution in [1.29, 1.82) is 0 Å². The fraction of sp³-hybridized carbons (Fsp3) is 0.538. The van der Waals surface area contributed by atoms with Crippen molar-refractivity contribution < 1.29 is 0 Å². The fourth-order valence-electron chi connectivity index (χ4n) is 2.08. The van der Waals surface area contributed by atoms with E-state index >= 15 is 0 Å². The zero-order valence-corrected chi connectivity index (χ0v) is 11.1. The molecular formula is C13H20N4. The third kappa shape index (κ3) is 2.40. The van der Waals surface area contributed by atoms with E-state index < -0.39 is 0 Å². The first-order valence-electron chi connectivity index (χ1n) is 6.20. The van der Waals surface area contributed by atoms with Gasteiger partial charge in [0.2, 0.25) is 0 Å². The Morgan fingerprint density at radius 3 is 2.35 bits per heavy atom. The molecule has 0 saturated carbocycles. The summed E-state index contributed by atoms with van der Waals surface area (Å²) in [6.07, 6.45) is 0.983. The standard InChI is InChI=1S/C13H20N4/c1-5-12-8-13(16(6-2)15-12)9-17-11(4)7-10(3)14-17/h7-8H,5-6,9H2,1-4H3. The zero-order valence-electron chi connectivity index (χ0n) is 11.1. The monoisotopic (exact) mass is 232 g/mol. The summed E-state index contributed by atoms with van der Waals surface area (Å²) in [5.74, 6) is 0. The van der Waals surface area contributed by atoms with E-state index in [1.165, 1.54) is 11.4 Å². The molecular weight excluding hydrogens is 212 g/mol. The topological polar surface area (TPSA) is 35.6 Å². The lowest BCUT2D eigenvalue weighted by molar-refractivity contribution is 0.565. The molecule has 0 spiro atoms. The summed E-state index contributed by atoms with van der Waals surface area (Å²) in [5, 5.41) is 9.05. The lowest BCUT2D eigenvalue weighted by Gasteiger charge is -2.06. The molecule has 0 aliphatic rings. The second kappa shape index (κ2) is 4.73. The highest BCUT2D eigenvalue weighted by Gasteiger charge is 2.08. The first kappa shape index (κ1) is 11.9. The predicted octanol–water partition coefficient (Wildman–Crippen LogP) is 2.33. The van der Waals surface area contributed by atoms with E-state index in [1.807, 2.05) is 11.6 Å². The van der Waals surface area contributed by atoms with Crippen LogP contribution in [0.4, 0.5) is 0 Å². The Morgan fingerprint density at radius 2 is 1.82 bits per heavy atom. The van der Waals surface area contributed by atoms with Gasteiger partial charge in [-0.3, -0.25) is 9.36 Å². The van der Waals surface area contributed by atoms with E-state index in [0.29, 0.717) is 0 Å². The first-order valence-corrected chi connectivity index (χ1v) is 6.20. The number of aryl methyl sites for hydroxylation is 4. The average molecular weight is 232 g/mol. The van der Waals surface area contributed by atoms with Crippen LogP contribution in [0, 0.1) is 13.8 Å². The van der Waals surface area contributed by atoms with E-state index in [4.69, 9.17) is 0 Å². The van der Waals surface area contributed by atoms with Crippen molar-refractivity contribution in [2.24, 2.45) is 0 Å². The van der Waals surface area contributed by atoms with E-state index in [2.05, 4.69) is 47.8 Å². The van der Waals surface area contributed by atoms with Crippen LogP contribution in [0.15, 0.2) is 12.1 Å². The van der Waals surface area contributed by atoms with Crippen LogP contribution in [0.25, 0.3) is 0 Å². The highest BCUT2D eigenvalue weighted by Crippen LogP contribution is 2.10. The van der Waals surface area contributed by atoms with Crippen LogP contribution in [-0.4, -0.2) is 19.6 Å². The predicted molar refractivity (Wildman–Crippen MR) is 68.1 cm³/mol. The third-order valence-electron chi connectivity index (χ3n) is 2.99. The number of hydrogen-bond acceptors (Lipinski definition) is 2. The smallest absolute Gasteiger partial charge is 0.0831 e. The van der Waals surface area contributed by atoms with Crippen molar-refractivity contribution >= 4 is 0 Å². The molecule has 2 aromatic rings. The van der Waals surface area contributed by atoms with Gasteiger partial charge in [-0.25, -0.2) is 0 Å². The van der Waals surface area contributed by atoms with Crippen molar-refractivity contribution in [2.75, 3.05) is 0 Å². The maximum atomic E-state index is 4.56. The largest absolute Gasteiger partial charge is 0.268 e. The second-order valence-electron chi connectivity index (χ2n) is 4.38. The fourth-order valence-corrected chi connectivity index (χ4v) is 2.08. The number of nitrogens with zero attached hydrogens (tertiary/aromatic N) is 4. The minimum atomic E-state index is 0.806. The maximum absolute atomic E-state index is 4.56. The summed E-state index contributed by atoms with van der Waals surface area (Å²) < 4.78 is 4.10. The Balaban J connectivity index is 2.28. The molecule has 4 nitrogen and oxygen atoms in total. The molecule has 0 atom stereocenters. The summed E-state index contributed by atoms with van der Waals surface area (Å²) >= 11 is 0. The molecule has 2 rings (SSSR count). The van der Waals surface area contributed by atoms with Gasteiger partial charge in [-0.1, -0.05) is 6.92 Å². The average Bonchev–Trinajstić information content (AvgIpc) is 2.83. The Labute approximate surface area is 102 Å². The van der Waals surface area contributed by atoms with Gasteiger partial charge in [-0.15, -0.1) is 0 Å². The molecule has 92 valence electrons. The van der Waals surface area contributed by atoms with Crippen LogP contribution in [-0.2, 0) is 19.5 Å². The van der Waals surface area contributed by atoms with Gasteiger partial charge < -0.3 is 0 Å². The van der Waals surface area contributed by atoms with Gasteiger partial charge in [-0.05, 0) is 39.3 Å². The number of rotatable bonds is 4. The summed E-state index contributed by atoms with van der Waals surface area (Å²) in [7, 11) is 0. The molecule has 0 N–H and O–H groups in total. The van der Waals surface area contributed by atoms with Gasteiger partial charge in [0, 0.05) is 12.2 Å². The first-order chi connectivity index (χ1) is 8.13. The molecule has 0 fully saturated rings. The molecule has 4 heteroatoms.